The lowest BCUT2D eigenvalue weighted by Crippen LogP contribution is -2.38. The van der Waals surface area contributed by atoms with Gasteiger partial charge in [-0.25, -0.2) is 0 Å². The number of piperidine rings is 1. The topological polar surface area (TPSA) is 66.8 Å². The highest BCUT2D eigenvalue weighted by atomic mass is 16.5. The molecule has 1 fully saturated rings. The number of amides is 2. The molecule has 7 nitrogen and oxygen atoms in total. The van der Waals surface area contributed by atoms with Crippen LogP contribution in [0.2, 0.25) is 0 Å². The molecule has 7 heteroatoms. The number of methoxy groups -OCH3 is 1. The lowest BCUT2D eigenvalue weighted by molar-refractivity contribution is 0.0937. The molecule has 0 bridgehead atoms. The van der Waals surface area contributed by atoms with Crippen LogP contribution in [-0.2, 0) is 13.1 Å². The van der Waals surface area contributed by atoms with Crippen molar-refractivity contribution in [3.63, 3.8) is 0 Å². The van der Waals surface area contributed by atoms with Gasteiger partial charge in [-0.3, -0.25) is 9.59 Å². The Labute approximate surface area is 247 Å². The number of carbonyl (C=O) groups is 2. The van der Waals surface area contributed by atoms with Crippen LogP contribution < -0.4 is 15.0 Å². The summed E-state index contributed by atoms with van der Waals surface area (Å²) in [4.78, 5) is 31.6. The third-order valence-electron chi connectivity index (χ3n) is 8.53. The smallest absolute Gasteiger partial charge is 0.267 e. The second-order valence-corrected chi connectivity index (χ2v) is 11.2. The van der Waals surface area contributed by atoms with E-state index in [1.54, 1.807) is 7.11 Å². The Morgan fingerprint density at radius 2 is 1.64 bits per heavy atom. The van der Waals surface area contributed by atoms with Crippen LogP contribution in [0.25, 0.3) is 11.1 Å². The maximum atomic E-state index is 14.1. The highest BCUT2D eigenvalue weighted by Crippen LogP contribution is 2.35. The lowest BCUT2D eigenvalue weighted by Gasteiger charge is -2.26. The summed E-state index contributed by atoms with van der Waals surface area (Å²) >= 11 is 0. The summed E-state index contributed by atoms with van der Waals surface area (Å²) in [5.74, 6) is 0.469. The predicted octanol–water partition coefficient (Wildman–Crippen LogP) is 5.90. The van der Waals surface area contributed by atoms with Crippen LogP contribution in [0.3, 0.4) is 0 Å². The molecule has 1 saturated heterocycles. The lowest BCUT2D eigenvalue weighted by atomic mass is 9.98. The molecule has 0 radical (unpaired) electrons. The SMILES string of the molecule is COc1cc(C(=O)N2Cc3ccc(C(=O)NCCN4CCCCC4)n3Cc3ccccc32)ccc1-c1ccccc1C. The van der Waals surface area contributed by atoms with Gasteiger partial charge in [-0.1, -0.05) is 48.9 Å². The molecule has 0 saturated carbocycles. The van der Waals surface area contributed by atoms with Crippen molar-refractivity contribution < 1.29 is 14.3 Å². The second kappa shape index (κ2) is 12.2. The van der Waals surface area contributed by atoms with Crippen LogP contribution in [0, 0.1) is 6.92 Å². The third kappa shape index (κ3) is 5.57. The number of hydrogen-bond donors (Lipinski definition) is 1. The minimum atomic E-state index is -0.112. The Bertz CT molecular complexity index is 1600. The number of anilines is 1. The van der Waals surface area contributed by atoms with Crippen molar-refractivity contribution in [3.8, 4) is 16.9 Å². The minimum absolute atomic E-state index is 0.0768. The zero-order valence-corrected chi connectivity index (χ0v) is 24.4. The van der Waals surface area contributed by atoms with Crippen molar-refractivity contribution in [2.24, 2.45) is 0 Å². The minimum Gasteiger partial charge on any atom is -0.496 e. The van der Waals surface area contributed by atoms with Crippen LogP contribution in [0.1, 0.15) is 56.9 Å². The first-order chi connectivity index (χ1) is 20.5. The highest BCUT2D eigenvalue weighted by Gasteiger charge is 2.28. The van der Waals surface area contributed by atoms with Gasteiger partial charge in [-0.2, -0.15) is 0 Å². The van der Waals surface area contributed by atoms with Crippen LogP contribution in [0.15, 0.2) is 78.9 Å². The fourth-order valence-electron chi connectivity index (χ4n) is 6.22. The average molecular weight is 563 g/mol. The normalized spacial score (nSPS) is 15.0. The largest absolute Gasteiger partial charge is 0.496 e. The number of aromatic nitrogens is 1. The maximum Gasteiger partial charge on any atom is 0.267 e. The van der Waals surface area contributed by atoms with Gasteiger partial charge in [-0.05, 0) is 85.9 Å². The number of carbonyl (C=O) groups excluding carboxylic acids is 2. The molecule has 3 heterocycles. The van der Waals surface area contributed by atoms with E-state index in [0.717, 1.165) is 53.3 Å². The number of para-hydroxylation sites is 1. The van der Waals surface area contributed by atoms with Gasteiger partial charge in [0.1, 0.15) is 11.4 Å². The number of aryl methyl sites for hydroxylation is 1. The molecule has 2 amide bonds. The number of likely N-dealkylation sites (tertiary alicyclic amines) is 1. The standard InChI is InChI=1S/C35H38N4O3/c1-25-10-4-6-12-29(25)30-16-14-26(22-33(30)42-2)35(41)39-24-28-15-17-32(38(28)23-27-11-5-7-13-31(27)39)34(40)36-18-21-37-19-8-3-9-20-37/h4-7,10-17,22H,3,8-9,18-21,23-24H2,1-2H3,(H,36,40). The molecule has 0 atom stereocenters. The van der Waals surface area contributed by atoms with Crippen molar-refractivity contribution in [2.45, 2.75) is 39.3 Å². The summed E-state index contributed by atoms with van der Waals surface area (Å²) in [6.45, 7) is 6.66. The monoisotopic (exact) mass is 562 g/mol. The summed E-state index contributed by atoms with van der Waals surface area (Å²) in [7, 11) is 1.64. The molecule has 42 heavy (non-hydrogen) atoms. The number of nitrogens with zero attached hydrogens (tertiary/aromatic N) is 3. The van der Waals surface area contributed by atoms with Gasteiger partial charge < -0.3 is 24.4 Å². The summed E-state index contributed by atoms with van der Waals surface area (Å²) in [6, 6.07) is 25.6. The van der Waals surface area contributed by atoms with Gasteiger partial charge >= 0.3 is 0 Å². The first-order valence-corrected chi connectivity index (χ1v) is 14.9. The predicted molar refractivity (Wildman–Crippen MR) is 166 cm³/mol. The number of fused-ring (bicyclic) bond motifs is 2. The van der Waals surface area contributed by atoms with Crippen LogP contribution >= 0.6 is 0 Å². The molecule has 6 rings (SSSR count). The maximum absolute atomic E-state index is 14.1. The Morgan fingerprint density at radius 3 is 2.45 bits per heavy atom. The van der Waals surface area contributed by atoms with Gasteiger partial charge in [-0.15, -0.1) is 0 Å². The summed E-state index contributed by atoms with van der Waals surface area (Å²) < 4.78 is 7.81. The van der Waals surface area contributed by atoms with Gasteiger partial charge in [0.05, 0.1) is 20.2 Å². The number of ether oxygens (including phenoxy) is 1. The highest BCUT2D eigenvalue weighted by molar-refractivity contribution is 6.07. The molecular formula is C35H38N4O3. The molecule has 0 spiro atoms. The van der Waals surface area contributed by atoms with Crippen molar-refractivity contribution in [2.75, 3.05) is 38.2 Å². The van der Waals surface area contributed by atoms with E-state index in [2.05, 4.69) is 29.3 Å². The van der Waals surface area contributed by atoms with Gasteiger partial charge in [0.15, 0.2) is 0 Å². The Balaban J connectivity index is 1.26. The van der Waals surface area contributed by atoms with Crippen molar-refractivity contribution in [1.29, 1.82) is 0 Å². The quantitative estimate of drug-likeness (QED) is 0.305. The van der Waals surface area contributed by atoms with E-state index in [9.17, 15) is 9.59 Å². The number of rotatable bonds is 7. The fourth-order valence-corrected chi connectivity index (χ4v) is 6.22. The van der Waals surface area contributed by atoms with E-state index in [-0.39, 0.29) is 11.8 Å². The van der Waals surface area contributed by atoms with E-state index < -0.39 is 0 Å². The Kier molecular flexibility index (Phi) is 8.11. The molecule has 2 aliphatic heterocycles. The van der Waals surface area contributed by atoms with E-state index >= 15 is 0 Å². The zero-order chi connectivity index (χ0) is 29.1. The van der Waals surface area contributed by atoms with E-state index in [1.807, 2.05) is 76.2 Å². The first-order valence-electron chi connectivity index (χ1n) is 14.9. The third-order valence-corrected chi connectivity index (χ3v) is 8.53. The molecule has 1 aromatic heterocycles. The number of nitrogens with one attached hydrogen (secondary N) is 1. The molecule has 0 unspecified atom stereocenters. The van der Waals surface area contributed by atoms with Crippen molar-refractivity contribution in [1.82, 2.24) is 14.8 Å². The first kappa shape index (κ1) is 27.8. The summed E-state index contributed by atoms with van der Waals surface area (Å²) in [6.07, 6.45) is 3.77. The molecular weight excluding hydrogens is 524 g/mol. The van der Waals surface area contributed by atoms with Crippen LogP contribution in [0.5, 0.6) is 5.75 Å². The zero-order valence-electron chi connectivity index (χ0n) is 24.4. The number of benzene rings is 3. The second-order valence-electron chi connectivity index (χ2n) is 11.2. The molecule has 216 valence electrons. The Morgan fingerprint density at radius 1 is 0.857 bits per heavy atom. The average Bonchev–Trinajstić information content (AvgIpc) is 3.34. The molecule has 4 aromatic rings. The Hall–Kier alpha value is -4.36. The van der Waals surface area contributed by atoms with Crippen LogP contribution in [-0.4, -0.2) is 54.6 Å². The van der Waals surface area contributed by atoms with Crippen molar-refractivity contribution in [3.05, 3.63) is 107 Å². The van der Waals surface area contributed by atoms with Crippen molar-refractivity contribution >= 4 is 17.5 Å². The molecule has 0 aliphatic carbocycles. The van der Waals surface area contributed by atoms with E-state index in [1.165, 1.54) is 19.3 Å². The summed E-state index contributed by atoms with van der Waals surface area (Å²) in [5.41, 5.74) is 7.11. The summed E-state index contributed by atoms with van der Waals surface area (Å²) in [5, 5.41) is 3.13. The number of hydrogen-bond acceptors (Lipinski definition) is 4. The van der Waals surface area contributed by atoms with E-state index in [4.69, 9.17) is 4.74 Å². The fraction of sp³-hybridized carbons (Fsp3) is 0.314. The molecule has 1 N–H and O–H groups in total. The van der Waals surface area contributed by atoms with Gasteiger partial charge in [0, 0.05) is 35.6 Å². The molecule has 2 aliphatic rings. The van der Waals surface area contributed by atoms with Crippen LogP contribution in [0.4, 0.5) is 5.69 Å². The van der Waals surface area contributed by atoms with Gasteiger partial charge in [0.2, 0.25) is 0 Å². The molecule has 3 aromatic carbocycles. The van der Waals surface area contributed by atoms with E-state index in [0.29, 0.717) is 36.6 Å². The van der Waals surface area contributed by atoms with Gasteiger partial charge in [0.25, 0.3) is 11.8 Å².